The van der Waals surface area contributed by atoms with Crippen LogP contribution in [0.1, 0.15) is 30.0 Å². The van der Waals surface area contributed by atoms with Crippen LogP contribution < -0.4 is 5.32 Å². The van der Waals surface area contributed by atoms with E-state index < -0.39 is 44.6 Å². The van der Waals surface area contributed by atoms with Gasteiger partial charge < -0.3 is 9.88 Å². The molecule has 1 aliphatic heterocycles. The Morgan fingerprint density at radius 2 is 2.00 bits per heavy atom. The maximum atomic E-state index is 13.2. The number of carbonyl (C=O) groups excluding carboxylic acids is 2. The lowest BCUT2D eigenvalue weighted by Gasteiger charge is -2.12. The van der Waals surface area contributed by atoms with Gasteiger partial charge in [0.05, 0.1) is 23.0 Å². The number of imidazole rings is 1. The second-order valence-electron chi connectivity index (χ2n) is 8.55. The topological polar surface area (TPSA) is 154 Å². The molecule has 1 atom stereocenters. The Morgan fingerprint density at radius 1 is 1.26 bits per heavy atom. The minimum Gasteiger partial charge on any atom is -0.337 e. The van der Waals surface area contributed by atoms with E-state index in [0.29, 0.717) is 0 Å². The monoisotopic (exact) mass is 566 g/mol. The number of hydrogen-bond acceptors (Lipinski definition) is 9. The van der Waals surface area contributed by atoms with Crippen LogP contribution in [0.4, 0.5) is 13.2 Å². The molecule has 1 N–H and O–H groups in total. The Kier molecular flexibility index (Phi) is 6.29. The van der Waals surface area contributed by atoms with E-state index in [4.69, 9.17) is 4.84 Å². The number of aryl methyl sites for hydroxylation is 1. The molecule has 0 bridgehead atoms. The number of nitrogens with zero attached hydrogens (tertiary/aromatic N) is 7. The van der Waals surface area contributed by atoms with Crippen molar-refractivity contribution in [2.75, 3.05) is 18.9 Å². The average molecular weight is 567 g/mol. The molecule has 5 heterocycles. The first-order valence-corrected chi connectivity index (χ1v) is 13.3. The number of amides is 2. The van der Waals surface area contributed by atoms with Crippen LogP contribution in [-0.4, -0.2) is 79.4 Å². The standard InChI is InChI=1S/C22H21F3N8O5S/c1-4-32-21(35)12(10-38-32)29-19(34)13-6-7-26-17-16(20(30-33(13)17)39(36,37)5-2)18-28-11-8-15(22(23,24)25)27-9-14(11)31(18)3/h6-9,12H,4-5,10H2,1-3H3,(H,29,34)/t12-/m0/s1. The Hall–Kier alpha value is -4.12. The molecule has 0 radical (unpaired) electrons. The van der Waals surface area contributed by atoms with Crippen LogP contribution in [0.25, 0.3) is 28.1 Å². The molecule has 1 aliphatic rings. The van der Waals surface area contributed by atoms with E-state index >= 15 is 0 Å². The van der Waals surface area contributed by atoms with Gasteiger partial charge in [-0.3, -0.25) is 14.4 Å². The quantitative estimate of drug-likeness (QED) is 0.365. The Labute approximate surface area is 218 Å². The molecule has 0 aromatic carbocycles. The lowest BCUT2D eigenvalue weighted by molar-refractivity contribution is -0.160. The van der Waals surface area contributed by atoms with Crippen molar-refractivity contribution in [3.05, 3.63) is 35.9 Å². The molecule has 0 spiro atoms. The number of pyridine rings is 1. The van der Waals surface area contributed by atoms with Crippen molar-refractivity contribution in [1.29, 1.82) is 0 Å². The molecule has 17 heteroatoms. The summed E-state index contributed by atoms with van der Waals surface area (Å²) in [6.45, 7) is 3.30. The van der Waals surface area contributed by atoms with Gasteiger partial charge in [-0.1, -0.05) is 6.92 Å². The summed E-state index contributed by atoms with van der Waals surface area (Å²) in [5.41, 5.74) is -1.36. The van der Waals surface area contributed by atoms with Crippen LogP contribution in [0.2, 0.25) is 0 Å². The Balaban J connectivity index is 1.68. The minimum absolute atomic E-state index is 0.0452. The molecule has 1 fully saturated rings. The lowest BCUT2D eigenvalue weighted by atomic mass is 10.2. The van der Waals surface area contributed by atoms with Crippen molar-refractivity contribution in [2.45, 2.75) is 31.1 Å². The first kappa shape index (κ1) is 26.5. The third kappa shape index (κ3) is 4.36. The zero-order valence-electron chi connectivity index (χ0n) is 20.7. The van der Waals surface area contributed by atoms with Gasteiger partial charge in [-0.15, -0.1) is 0 Å². The van der Waals surface area contributed by atoms with Gasteiger partial charge in [-0.2, -0.15) is 18.3 Å². The highest BCUT2D eigenvalue weighted by molar-refractivity contribution is 7.91. The van der Waals surface area contributed by atoms with Gasteiger partial charge in [0.2, 0.25) is 0 Å². The second kappa shape index (κ2) is 9.26. The van der Waals surface area contributed by atoms with E-state index in [1.165, 1.54) is 30.8 Å². The van der Waals surface area contributed by atoms with Gasteiger partial charge in [0.25, 0.3) is 11.8 Å². The number of hydrogen-bond donors (Lipinski definition) is 1. The van der Waals surface area contributed by atoms with E-state index in [2.05, 4.69) is 25.4 Å². The minimum atomic E-state index is -4.71. The molecule has 4 aromatic heterocycles. The number of alkyl halides is 3. The third-order valence-electron chi connectivity index (χ3n) is 6.21. The molecule has 4 aromatic rings. The highest BCUT2D eigenvalue weighted by Gasteiger charge is 2.36. The van der Waals surface area contributed by atoms with Crippen molar-refractivity contribution in [3.8, 4) is 11.4 Å². The van der Waals surface area contributed by atoms with Gasteiger partial charge in [-0.05, 0) is 19.1 Å². The number of sulfone groups is 1. The fourth-order valence-electron chi connectivity index (χ4n) is 4.17. The predicted molar refractivity (Wildman–Crippen MR) is 128 cm³/mol. The lowest BCUT2D eigenvalue weighted by Crippen LogP contribution is -2.43. The molecule has 0 unspecified atom stereocenters. The number of hydroxylamine groups is 2. The summed E-state index contributed by atoms with van der Waals surface area (Å²) in [4.78, 5) is 42.7. The van der Waals surface area contributed by atoms with Gasteiger partial charge in [-0.25, -0.2) is 32.9 Å². The van der Waals surface area contributed by atoms with Crippen molar-refractivity contribution >= 4 is 38.3 Å². The first-order chi connectivity index (χ1) is 18.4. The summed E-state index contributed by atoms with van der Waals surface area (Å²) in [7, 11) is -2.56. The van der Waals surface area contributed by atoms with Crippen LogP contribution in [0.3, 0.4) is 0 Å². The molecule has 39 heavy (non-hydrogen) atoms. The van der Waals surface area contributed by atoms with Crippen molar-refractivity contribution in [3.63, 3.8) is 0 Å². The van der Waals surface area contributed by atoms with Crippen molar-refractivity contribution in [1.82, 2.24) is 39.5 Å². The average Bonchev–Trinajstić information content (AvgIpc) is 3.56. The highest BCUT2D eigenvalue weighted by Crippen LogP contribution is 2.34. The summed E-state index contributed by atoms with van der Waals surface area (Å²) >= 11 is 0. The number of carbonyl (C=O) groups is 2. The highest BCUT2D eigenvalue weighted by atomic mass is 32.2. The van der Waals surface area contributed by atoms with Crippen LogP contribution in [-0.2, 0) is 32.7 Å². The summed E-state index contributed by atoms with van der Waals surface area (Å²) in [6.07, 6.45) is -2.48. The fourth-order valence-corrected chi connectivity index (χ4v) is 5.14. The SMILES string of the molecule is CCN1OC[C@H](NC(=O)c2ccnc3c(-c4nc5cc(C(F)(F)F)ncc5n4C)c(S(=O)(=O)CC)nn23)C1=O. The van der Waals surface area contributed by atoms with Gasteiger partial charge >= 0.3 is 6.18 Å². The van der Waals surface area contributed by atoms with E-state index in [0.717, 1.165) is 21.8 Å². The Morgan fingerprint density at radius 3 is 2.64 bits per heavy atom. The molecule has 0 aliphatic carbocycles. The zero-order chi connectivity index (χ0) is 28.3. The molecule has 2 amide bonds. The number of likely N-dealkylation sites (N-methyl/N-ethyl adjacent to an activating group) is 1. The van der Waals surface area contributed by atoms with Crippen LogP contribution >= 0.6 is 0 Å². The van der Waals surface area contributed by atoms with Crippen LogP contribution in [0, 0.1) is 0 Å². The van der Waals surface area contributed by atoms with E-state index in [1.807, 2.05) is 0 Å². The maximum absolute atomic E-state index is 13.2. The number of nitrogens with one attached hydrogen (secondary N) is 1. The molecule has 5 rings (SSSR count). The largest absolute Gasteiger partial charge is 0.433 e. The van der Waals surface area contributed by atoms with Crippen LogP contribution in [0.5, 0.6) is 0 Å². The summed E-state index contributed by atoms with van der Waals surface area (Å²) in [6, 6.07) is 1.07. The van der Waals surface area contributed by atoms with Crippen LogP contribution in [0.15, 0.2) is 29.6 Å². The normalized spacial score (nSPS) is 16.5. The molecule has 13 nitrogen and oxygen atoms in total. The maximum Gasteiger partial charge on any atom is 0.433 e. The molecular weight excluding hydrogens is 545 g/mol. The molecule has 1 saturated heterocycles. The molecular formula is C22H21F3N8O5S. The van der Waals surface area contributed by atoms with Gasteiger partial charge in [0, 0.05) is 19.8 Å². The van der Waals surface area contributed by atoms with Crippen molar-refractivity contribution in [2.24, 2.45) is 7.05 Å². The van der Waals surface area contributed by atoms with Gasteiger partial charge in [0.1, 0.15) is 35.4 Å². The number of aromatic nitrogens is 6. The summed E-state index contributed by atoms with van der Waals surface area (Å²) < 4.78 is 68.2. The zero-order valence-corrected chi connectivity index (χ0v) is 21.5. The van der Waals surface area contributed by atoms with E-state index in [1.54, 1.807) is 6.92 Å². The molecule has 0 saturated carbocycles. The number of fused-ring (bicyclic) bond motifs is 2. The second-order valence-corrected chi connectivity index (χ2v) is 10.7. The summed E-state index contributed by atoms with van der Waals surface area (Å²) in [5, 5.41) is 7.37. The van der Waals surface area contributed by atoms with E-state index in [-0.39, 0.29) is 52.7 Å². The summed E-state index contributed by atoms with van der Waals surface area (Å²) in [5.74, 6) is -1.61. The predicted octanol–water partition coefficient (Wildman–Crippen LogP) is 1.38. The van der Waals surface area contributed by atoms with Crippen molar-refractivity contribution < 1.29 is 36.0 Å². The third-order valence-corrected chi connectivity index (χ3v) is 7.84. The number of rotatable bonds is 6. The first-order valence-electron chi connectivity index (χ1n) is 11.6. The number of halogens is 3. The van der Waals surface area contributed by atoms with Gasteiger partial charge in [0.15, 0.2) is 20.5 Å². The smallest absolute Gasteiger partial charge is 0.337 e. The van der Waals surface area contributed by atoms with E-state index in [9.17, 15) is 31.2 Å². The molecule has 206 valence electrons. The Bertz CT molecular complexity index is 1750. The fraction of sp³-hybridized carbons (Fsp3) is 0.364.